The molecule has 4 rings (SSSR count). The fourth-order valence-corrected chi connectivity index (χ4v) is 3.50. The second-order valence-corrected chi connectivity index (χ2v) is 7.05. The molecule has 0 atom stereocenters. The number of rotatable bonds is 3. The van der Waals surface area contributed by atoms with E-state index >= 15 is 0 Å². The lowest BCUT2D eigenvalue weighted by Gasteiger charge is -2.23. The monoisotopic (exact) mass is 397 g/mol. The summed E-state index contributed by atoms with van der Waals surface area (Å²) in [7, 11) is 0. The van der Waals surface area contributed by atoms with Crippen LogP contribution >= 0.6 is 11.6 Å². The standard InChI is InChI=1S/C21H17ClFN3O2/c1-12-7-8-14(9-17(12)23)11-26-18-6-4-3-5-15(18)20(22)16(10-19(26)27)21-25-24-13(2)28-21/h3-9H,10-11H2,1-2H3. The van der Waals surface area contributed by atoms with Crippen LogP contribution in [0.15, 0.2) is 46.9 Å². The Morgan fingerprint density at radius 2 is 1.96 bits per heavy atom. The Labute approximate surface area is 166 Å². The van der Waals surface area contributed by atoms with Crippen molar-refractivity contribution in [3.8, 4) is 0 Å². The molecular formula is C21H17ClFN3O2. The third-order valence-electron chi connectivity index (χ3n) is 4.69. The molecule has 7 heteroatoms. The average Bonchev–Trinajstić information content (AvgIpc) is 3.08. The van der Waals surface area contributed by atoms with Gasteiger partial charge in [0.25, 0.3) is 0 Å². The minimum atomic E-state index is -0.300. The number of hydrogen-bond acceptors (Lipinski definition) is 4. The van der Waals surface area contributed by atoms with E-state index in [4.69, 9.17) is 16.0 Å². The molecule has 2 heterocycles. The third kappa shape index (κ3) is 3.31. The Morgan fingerprint density at radius 1 is 1.18 bits per heavy atom. The zero-order valence-electron chi connectivity index (χ0n) is 15.4. The van der Waals surface area contributed by atoms with E-state index in [1.807, 2.05) is 30.3 Å². The minimum Gasteiger partial charge on any atom is -0.421 e. The molecular weight excluding hydrogens is 381 g/mol. The van der Waals surface area contributed by atoms with Gasteiger partial charge in [-0.05, 0) is 30.2 Å². The largest absolute Gasteiger partial charge is 0.421 e. The molecule has 5 nitrogen and oxygen atoms in total. The van der Waals surface area contributed by atoms with Gasteiger partial charge >= 0.3 is 0 Å². The molecule has 0 unspecified atom stereocenters. The first kappa shape index (κ1) is 18.4. The fraction of sp³-hybridized carbons (Fsp3) is 0.190. The van der Waals surface area contributed by atoms with E-state index in [-0.39, 0.29) is 30.6 Å². The second-order valence-electron chi connectivity index (χ2n) is 6.68. The molecule has 2 aromatic carbocycles. The number of anilines is 1. The highest BCUT2D eigenvalue weighted by atomic mass is 35.5. The van der Waals surface area contributed by atoms with Gasteiger partial charge in [-0.3, -0.25) is 4.79 Å². The highest BCUT2D eigenvalue weighted by Crippen LogP contribution is 2.40. The molecule has 3 aromatic rings. The van der Waals surface area contributed by atoms with Crippen LogP contribution in [0.2, 0.25) is 0 Å². The number of carbonyl (C=O) groups excluding carboxylic acids is 1. The van der Waals surface area contributed by atoms with Gasteiger partial charge in [0.15, 0.2) is 0 Å². The number of aryl methyl sites for hydroxylation is 2. The van der Waals surface area contributed by atoms with Gasteiger partial charge in [-0.15, -0.1) is 10.2 Å². The highest BCUT2D eigenvalue weighted by molar-refractivity contribution is 6.53. The smallest absolute Gasteiger partial charge is 0.245 e. The predicted octanol–water partition coefficient (Wildman–Crippen LogP) is 4.87. The number of halogens is 2. The molecule has 0 saturated carbocycles. The molecule has 1 amide bonds. The van der Waals surface area contributed by atoms with Crippen molar-refractivity contribution in [3.05, 3.63) is 76.8 Å². The van der Waals surface area contributed by atoms with Crippen molar-refractivity contribution >= 4 is 33.8 Å². The van der Waals surface area contributed by atoms with Crippen LogP contribution in [0.25, 0.3) is 10.6 Å². The molecule has 0 fully saturated rings. The molecule has 1 aliphatic rings. The molecule has 142 valence electrons. The van der Waals surface area contributed by atoms with E-state index in [0.717, 1.165) is 0 Å². The molecule has 1 aromatic heterocycles. The normalized spacial score (nSPS) is 14.3. The van der Waals surface area contributed by atoms with Gasteiger partial charge in [0.05, 0.1) is 23.7 Å². The van der Waals surface area contributed by atoms with Crippen LogP contribution in [0.5, 0.6) is 0 Å². The fourth-order valence-electron chi connectivity index (χ4n) is 3.19. The molecule has 0 spiro atoms. The van der Waals surface area contributed by atoms with Crippen molar-refractivity contribution in [1.82, 2.24) is 10.2 Å². The zero-order valence-corrected chi connectivity index (χ0v) is 16.1. The van der Waals surface area contributed by atoms with Crippen molar-refractivity contribution < 1.29 is 13.6 Å². The Bertz CT molecular complexity index is 1110. The van der Waals surface area contributed by atoms with Crippen LogP contribution in [-0.2, 0) is 11.3 Å². The third-order valence-corrected chi connectivity index (χ3v) is 5.12. The lowest BCUT2D eigenvalue weighted by atomic mass is 10.1. The van der Waals surface area contributed by atoms with E-state index in [0.29, 0.717) is 38.9 Å². The number of fused-ring (bicyclic) bond motifs is 1. The summed E-state index contributed by atoms with van der Waals surface area (Å²) in [6, 6.07) is 12.3. The van der Waals surface area contributed by atoms with Crippen LogP contribution < -0.4 is 4.90 Å². The van der Waals surface area contributed by atoms with E-state index in [1.165, 1.54) is 6.07 Å². The lowest BCUT2D eigenvalue weighted by molar-refractivity contribution is -0.117. The first-order valence-corrected chi connectivity index (χ1v) is 9.16. The highest BCUT2D eigenvalue weighted by Gasteiger charge is 2.29. The van der Waals surface area contributed by atoms with Crippen LogP contribution in [0.1, 0.15) is 34.9 Å². The van der Waals surface area contributed by atoms with Gasteiger partial charge in [0.1, 0.15) is 5.82 Å². The van der Waals surface area contributed by atoms with Crippen molar-refractivity contribution in [3.63, 3.8) is 0 Å². The summed E-state index contributed by atoms with van der Waals surface area (Å²) in [4.78, 5) is 14.7. The van der Waals surface area contributed by atoms with E-state index < -0.39 is 0 Å². The summed E-state index contributed by atoms with van der Waals surface area (Å²) in [5, 5.41) is 8.25. The number of nitrogens with zero attached hydrogens (tertiary/aromatic N) is 3. The van der Waals surface area contributed by atoms with E-state index in [2.05, 4.69) is 10.2 Å². The van der Waals surface area contributed by atoms with Crippen molar-refractivity contribution in [2.45, 2.75) is 26.8 Å². The maximum absolute atomic E-state index is 14.0. The first-order valence-electron chi connectivity index (χ1n) is 8.78. The summed E-state index contributed by atoms with van der Waals surface area (Å²) in [6.07, 6.45) is 0.00346. The summed E-state index contributed by atoms with van der Waals surface area (Å²) in [6.45, 7) is 3.61. The molecule has 0 N–H and O–H groups in total. The van der Waals surface area contributed by atoms with Crippen molar-refractivity contribution in [1.29, 1.82) is 0 Å². The summed E-state index contributed by atoms with van der Waals surface area (Å²) < 4.78 is 19.5. The number of aromatic nitrogens is 2. The average molecular weight is 398 g/mol. The quantitative estimate of drug-likeness (QED) is 0.632. The maximum atomic E-state index is 14.0. The summed E-state index contributed by atoms with van der Waals surface area (Å²) in [5.41, 5.74) is 3.08. The van der Waals surface area contributed by atoms with Crippen molar-refractivity contribution in [2.75, 3.05) is 4.90 Å². The Morgan fingerprint density at radius 3 is 2.68 bits per heavy atom. The maximum Gasteiger partial charge on any atom is 0.245 e. The van der Waals surface area contributed by atoms with Gasteiger partial charge in [-0.1, -0.05) is 41.9 Å². The molecule has 0 saturated heterocycles. The number of para-hydroxylation sites is 1. The van der Waals surface area contributed by atoms with Gasteiger partial charge < -0.3 is 9.32 Å². The summed E-state index contributed by atoms with van der Waals surface area (Å²) in [5.74, 6) is 0.138. The molecule has 0 bridgehead atoms. The molecule has 1 aliphatic heterocycles. The van der Waals surface area contributed by atoms with Crippen LogP contribution in [0.3, 0.4) is 0 Å². The summed E-state index contributed by atoms with van der Waals surface area (Å²) >= 11 is 6.65. The van der Waals surface area contributed by atoms with Gasteiger partial charge in [-0.25, -0.2) is 4.39 Å². The van der Waals surface area contributed by atoms with Crippen LogP contribution in [0.4, 0.5) is 10.1 Å². The number of benzene rings is 2. The second kappa shape index (κ2) is 7.20. The topological polar surface area (TPSA) is 59.2 Å². The molecule has 0 aliphatic carbocycles. The van der Waals surface area contributed by atoms with Gasteiger partial charge in [-0.2, -0.15) is 0 Å². The Kier molecular flexibility index (Phi) is 4.73. The number of amides is 1. The lowest BCUT2D eigenvalue weighted by Crippen LogP contribution is -2.30. The first-order chi connectivity index (χ1) is 13.4. The van der Waals surface area contributed by atoms with Crippen LogP contribution in [0, 0.1) is 19.7 Å². The number of carbonyl (C=O) groups is 1. The van der Waals surface area contributed by atoms with E-state index in [1.54, 1.807) is 24.8 Å². The number of hydrogen-bond donors (Lipinski definition) is 0. The Hall–Kier alpha value is -2.99. The van der Waals surface area contributed by atoms with Crippen molar-refractivity contribution in [2.24, 2.45) is 0 Å². The Balaban J connectivity index is 1.78. The molecule has 0 radical (unpaired) electrons. The SMILES string of the molecule is Cc1nnc(C2=C(Cl)c3ccccc3N(Cc3ccc(C)c(F)c3)C(=O)C2)o1. The molecule has 28 heavy (non-hydrogen) atoms. The minimum absolute atomic E-state index is 0.00346. The predicted molar refractivity (Wildman–Crippen MR) is 105 cm³/mol. The van der Waals surface area contributed by atoms with E-state index in [9.17, 15) is 9.18 Å². The zero-order chi connectivity index (χ0) is 19.8. The van der Waals surface area contributed by atoms with Crippen LogP contribution in [-0.4, -0.2) is 16.1 Å². The van der Waals surface area contributed by atoms with Gasteiger partial charge in [0, 0.05) is 18.1 Å². The van der Waals surface area contributed by atoms with Gasteiger partial charge in [0.2, 0.25) is 17.7 Å².